The number of aliphatic hydroxyl groups excluding tert-OH is 1. The number of carbonyl (C=O) groups excluding carboxylic acids is 1. The van der Waals surface area contributed by atoms with Gasteiger partial charge in [0, 0.05) is 6.54 Å². The quantitative estimate of drug-likeness (QED) is 0.868. The average molecular weight is 251 g/mol. The minimum atomic E-state index is -0.554. The number of hydrogen-bond donors (Lipinski definition) is 2. The molecule has 0 aromatic heterocycles. The zero-order chi connectivity index (χ0) is 13.8. The summed E-state index contributed by atoms with van der Waals surface area (Å²) in [5.41, 5.74) is 1.19. The van der Waals surface area contributed by atoms with E-state index in [2.05, 4.69) is 5.32 Å². The Bertz CT molecular complexity index is 408. The highest BCUT2D eigenvalue weighted by molar-refractivity contribution is 5.67. The van der Waals surface area contributed by atoms with Gasteiger partial charge in [0.25, 0.3) is 0 Å². The fourth-order valence-corrected chi connectivity index (χ4v) is 1.58. The van der Waals surface area contributed by atoms with E-state index < -0.39 is 17.8 Å². The summed E-state index contributed by atoms with van der Waals surface area (Å²) < 4.78 is 5.15. The van der Waals surface area contributed by atoms with Crippen LogP contribution in [-0.4, -0.2) is 16.8 Å². The molecule has 0 heterocycles. The summed E-state index contributed by atoms with van der Waals surface area (Å²) in [6.07, 6.45) is -1.01. The number of amides is 1. The van der Waals surface area contributed by atoms with Crippen LogP contribution in [0.3, 0.4) is 0 Å². The molecule has 0 aliphatic heterocycles. The van der Waals surface area contributed by atoms with Crippen molar-refractivity contribution in [1.82, 2.24) is 5.32 Å². The Kier molecular flexibility index (Phi) is 4.73. The molecule has 0 aliphatic carbocycles. The van der Waals surface area contributed by atoms with E-state index in [1.165, 1.54) is 0 Å². The summed E-state index contributed by atoms with van der Waals surface area (Å²) in [7, 11) is 0. The van der Waals surface area contributed by atoms with Gasteiger partial charge in [-0.15, -0.1) is 0 Å². The second-order valence-corrected chi connectivity index (χ2v) is 5.23. The van der Waals surface area contributed by atoms with Gasteiger partial charge in [-0.25, -0.2) is 4.79 Å². The van der Waals surface area contributed by atoms with Gasteiger partial charge in [-0.05, 0) is 38.8 Å². The smallest absolute Gasteiger partial charge is 0.407 e. The van der Waals surface area contributed by atoms with Gasteiger partial charge >= 0.3 is 6.09 Å². The van der Waals surface area contributed by atoms with E-state index in [1.54, 1.807) is 6.92 Å². The maximum Gasteiger partial charge on any atom is 0.407 e. The largest absolute Gasteiger partial charge is 0.444 e. The first-order valence-electron chi connectivity index (χ1n) is 6.02. The number of benzene rings is 1. The molecule has 18 heavy (non-hydrogen) atoms. The highest BCUT2D eigenvalue weighted by Gasteiger charge is 2.16. The van der Waals surface area contributed by atoms with E-state index >= 15 is 0 Å². The van der Waals surface area contributed by atoms with Crippen LogP contribution in [0.25, 0.3) is 0 Å². The third-order valence-corrected chi connectivity index (χ3v) is 2.33. The molecule has 1 atom stereocenters. The standard InChI is InChI=1S/C14H21NO3/c1-10(16)12-8-6-5-7-11(12)9-15-13(17)18-14(2,3)4/h5-8,10,16H,9H2,1-4H3,(H,15,17). The van der Waals surface area contributed by atoms with Gasteiger partial charge in [0.15, 0.2) is 0 Å². The first kappa shape index (κ1) is 14.5. The van der Waals surface area contributed by atoms with Gasteiger partial charge in [0.05, 0.1) is 6.10 Å². The van der Waals surface area contributed by atoms with Gasteiger partial charge < -0.3 is 15.2 Å². The molecule has 0 spiro atoms. The molecule has 0 aliphatic rings. The Morgan fingerprint density at radius 2 is 2.00 bits per heavy atom. The number of hydrogen-bond acceptors (Lipinski definition) is 3. The van der Waals surface area contributed by atoms with Crippen LogP contribution in [0.15, 0.2) is 24.3 Å². The third kappa shape index (κ3) is 4.75. The molecular weight excluding hydrogens is 230 g/mol. The SMILES string of the molecule is CC(O)c1ccccc1CNC(=O)OC(C)(C)C. The molecule has 1 aromatic carbocycles. The Balaban J connectivity index is 2.61. The molecule has 1 aromatic rings. The molecule has 2 N–H and O–H groups in total. The number of aliphatic hydroxyl groups is 1. The molecule has 0 bridgehead atoms. The van der Waals surface area contributed by atoms with Gasteiger partial charge in [-0.1, -0.05) is 24.3 Å². The number of carbonyl (C=O) groups is 1. The Labute approximate surface area is 108 Å². The highest BCUT2D eigenvalue weighted by atomic mass is 16.6. The predicted octanol–water partition coefficient (Wildman–Crippen LogP) is 2.76. The Hall–Kier alpha value is -1.55. The maximum absolute atomic E-state index is 11.5. The lowest BCUT2D eigenvalue weighted by molar-refractivity contribution is 0.0523. The van der Waals surface area contributed by atoms with Crippen LogP contribution in [0, 0.1) is 0 Å². The maximum atomic E-state index is 11.5. The number of nitrogens with one attached hydrogen (secondary N) is 1. The molecule has 1 unspecified atom stereocenters. The minimum absolute atomic E-state index is 0.343. The molecule has 0 fully saturated rings. The van der Waals surface area contributed by atoms with Crippen LogP contribution in [-0.2, 0) is 11.3 Å². The fourth-order valence-electron chi connectivity index (χ4n) is 1.58. The van der Waals surface area contributed by atoms with Gasteiger partial charge in [0.1, 0.15) is 5.60 Å². The summed E-state index contributed by atoms with van der Waals surface area (Å²) in [5.74, 6) is 0. The van der Waals surface area contributed by atoms with Crippen molar-refractivity contribution >= 4 is 6.09 Å². The molecular formula is C14H21NO3. The Morgan fingerprint density at radius 3 is 2.56 bits per heavy atom. The van der Waals surface area contributed by atoms with Crippen molar-refractivity contribution in [2.24, 2.45) is 0 Å². The molecule has 0 radical (unpaired) electrons. The van der Waals surface area contributed by atoms with E-state index in [-0.39, 0.29) is 0 Å². The molecule has 1 rings (SSSR count). The molecule has 100 valence electrons. The summed E-state index contributed by atoms with van der Waals surface area (Å²) in [6.45, 7) is 7.49. The van der Waals surface area contributed by atoms with Crippen LogP contribution in [0.2, 0.25) is 0 Å². The number of alkyl carbamates (subject to hydrolysis) is 1. The van der Waals surface area contributed by atoms with E-state index in [9.17, 15) is 9.90 Å². The summed E-state index contributed by atoms with van der Waals surface area (Å²) >= 11 is 0. The normalized spacial score (nSPS) is 12.9. The van der Waals surface area contributed by atoms with Crippen LogP contribution in [0.4, 0.5) is 4.79 Å². The van der Waals surface area contributed by atoms with Crippen LogP contribution >= 0.6 is 0 Å². The summed E-state index contributed by atoms with van der Waals surface area (Å²) in [4.78, 5) is 11.5. The van der Waals surface area contributed by atoms with E-state index in [1.807, 2.05) is 45.0 Å². The zero-order valence-electron chi connectivity index (χ0n) is 11.4. The van der Waals surface area contributed by atoms with Crippen molar-refractivity contribution in [3.05, 3.63) is 35.4 Å². The second kappa shape index (κ2) is 5.87. The predicted molar refractivity (Wildman–Crippen MR) is 70.1 cm³/mol. The topological polar surface area (TPSA) is 58.6 Å². The van der Waals surface area contributed by atoms with Crippen molar-refractivity contribution in [2.45, 2.75) is 45.9 Å². The highest BCUT2D eigenvalue weighted by Crippen LogP contribution is 2.17. The lowest BCUT2D eigenvalue weighted by Crippen LogP contribution is -2.32. The van der Waals surface area contributed by atoms with E-state index in [4.69, 9.17) is 4.74 Å². The van der Waals surface area contributed by atoms with E-state index in [0.29, 0.717) is 6.54 Å². The first-order valence-corrected chi connectivity index (χ1v) is 6.02. The summed E-state index contributed by atoms with van der Waals surface area (Å²) in [5, 5.41) is 12.3. The minimum Gasteiger partial charge on any atom is -0.444 e. The number of rotatable bonds is 3. The molecule has 4 heteroatoms. The zero-order valence-corrected chi connectivity index (χ0v) is 11.4. The van der Waals surface area contributed by atoms with E-state index in [0.717, 1.165) is 11.1 Å². The van der Waals surface area contributed by atoms with Crippen LogP contribution in [0.1, 0.15) is 44.9 Å². The first-order chi connectivity index (χ1) is 8.29. The van der Waals surface area contributed by atoms with Crippen molar-refractivity contribution in [3.8, 4) is 0 Å². The van der Waals surface area contributed by atoms with Crippen molar-refractivity contribution < 1.29 is 14.6 Å². The molecule has 1 amide bonds. The molecule has 0 saturated heterocycles. The van der Waals surface area contributed by atoms with Crippen LogP contribution < -0.4 is 5.32 Å². The van der Waals surface area contributed by atoms with Crippen LogP contribution in [0.5, 0.6) is 0 Å². The lowest BCUT2D eigenvalue weighted by Gasteiger charge is -2.20. The fraction of sp³-hybridized carbons (Fsp3) is 0.500. The average Bonchev–Trinajstić information content (AvgIpc) is 2.24. The van der Waals surface area contributed by atoms with Crippen molar-refractivity contribution in [1.29, 1.82) is 0 Å². The molecule has 4 nitrogen and oxygen atoms in total. The molecule has 0 saturated carbocycles. The van der Waals surface area contributed by atoms with Gasteiger partial charge in [-0.3, -0.25) is 0 Å². The lowest BCUT2D eigenvalue weighted by atomic mass is 10.0. The monoisotopic (exact) mass is 251 g/mol. The third-order valence-electron chi connectivity index (χ3n) is 2.33. The van der Waals surface area contributed by atoms with Crippen molar-refractivity contribution in [3.63, 3.8) is 0 Å². The second-order valence-electron chi connectivity index (χ2n) is 5.23. The van der Waals surface area contributed by atoms with Crippen molar-refractivity contribution in [2.75, 3.05) is 0 Å². The van der Waals surface area contributed by atoms with Gasteiger partial charge in [-0.2, -0.15) is 0 Å². The van der Waals surface area contributed by atoms with Gasteiger partial charge in [0.2, 0.25) is 0 Å². The Morgan fingerprint density at radius 1 is 1.39 bits per heavy atom. The summed E-state index contributed by atoms with van der Waals surface area (Å²) in [6, 6.07) is 7.45. The number of ether oxygens (including phenoxy) is 1.